The first-order valence-corrected chi connectivity index (χ1v) is 37.1. The molecule has 8 saturated carbocycles. The van der Waals surface area contributed by atoms with Crippen LogP contribution in [0.25, 0.3) is 0 Å². The molecule has 0 aromatic heterocycles. The molecule has 0 amide bonds. The third-order valence-electron chi connectivity index (χ3n) is 23.2. The Kier molecular flexibility index (Phi) is 27.0. The van der Waals surface area contributed by atoms with Gasteiger partial charge in [-0.15, -0.1) is 0 Å². The van der Waals surface area contributed by atoms with Crippen molar-refractivity contribution in [3.8, 4) is 28.7 Å². The van der Waals surface area contributed by atoms with Crippen LogP contribution in [0.4, 0.5) is 0 Å². The quantitative estimate of drug-likeness (QED) is 0.0346. The summed E-state index contributed by atoms with van der Waals surface area (Å²) in [6, 6.07) is 33.1. The van der Waals surface area contributed by atoms with Gasteiger partial charge in [-0.25, -0.2) is 0 Å². The van der Waals surface area contributed by atoms with Crippen LogP contribution in [0.3, 0.4) is 0 Å². The SMILES string of the molecule is CCC(C)(C)C(=O)Oc1ccc(OC2(C(C)C)CCCC2)cc1.CCC(C)c1ccc(OC(OC)C(C)C)cc1.CCC(C)c1ccc(OC(OC2C3CC4CC(C3)CC2C4)C(C)C)cc1.CCC(C)c1ccc(OC(OC2CC3CC2C2CCCC32)C(C)C)cc1. The summed E-state index contributed by atoms with van der Waals surface area (Å²) < 4.78 is 48.8. The summed E-state index contributed by atoms with van der Waals surface area (Å²) in [4.78, 5) is 12.1. The van der Waals surface area contributed by atoms with E-state index in [4.69, 9.17) is 37.9 Å². The molecule has 512 valence electrons. The van der Waals surface area contributed by atoms with Crippen molar-refractivity contribution < 1.29 is 42.7 Å². The number of hydrogen-bond donors (Lipinski definition) is 0. The molecule has 8 aliphatic rings. The Bertz CT molecular complexity index is 2750. The lowest BCUT2D eigenvalue weighted by atomic mass is 9.55. The number of carbonyl (C=O) groups is 1. The van der Waals surface area contributed by atoms with E-state index >= 15 is 0 Å². The summed E-state index contributed by atoms with van der Waals surface area (Å²) >= 11 is 0. The van der Waals surface area contributed by atoms with E-state index in [9.17, 15) is 4.79 Å². The van der Waals surface area contributed by atoms with Gasteiger partial charge in [0.05, 0.1) is 17.6 Å². The molecule has 8 aliphatic carbocycles. The highest BCUT2D eigenvalue weighted by Gasteiger charge is 2.55. The van der Waals surface area contributed by atoms with E-state index in [1.54, 1.807) is 7.11 Å². The van der Waals surface area contributed by atoms with Gasteiger partial charge in [0.15, 0.2) is 0 Å². The molecule has 9 nitrogen and oxygen atoms in total. The molecule has 0 heterocycles. The second kappa shape index (κ2) is 33.9. The smallest absolute Gasteiger partial charge is 0.316 e. The molecule has 8 fully saturated rings. The van der Waals surface area contributed by atoms with Gasteiger partial charge in [0.25, 0.3) is 0 Å². The number of benzene rings is 4. The van der Waals surface area contributed by atoms with E-state index in [0.29, 0.717) is 59.4 Å². The van der Waals surface area contributed by atoms with Gasteiger partial charge in [-0.1, -0.05) is 147 Å². The molecule has 4 aromatic carbocycles. The van der Waals surface area contributed by atoms with Gasteiger partial charge >= 0.3 is 5.97 Å². The number of esters is 1. The molecule has 0 saturated heterocycles. The Labute approximate surface area is 559 Å². The van der Waals surface area contributed by atoms with Crippen LogP contribution in [0.2, 0.25) is 0 Å². The molecule has 9 heteroatoms. The minimum atomic E-state index is -0.458. The monoisotopic (exact) mass is 1270 g/mol. The number of rotatable bonds is 26. The molecule has 0 radical (unpaired) electrons. The average molecular weight is 1270 g/mol. The van der Waals surface area contributed by atoms with E-state index in [1.165, 1.54) is 107 Å². The second-order valence-electron chi connectivity index (χ2n) is 31.5. The van der Waals surface area contributed by atoms with Crippen molar-refractivity contribution in [1.82, 2.24) is 0 Å². The maximum atomic E-state index is 12.1. The highest BCUT2D eigenvalue weighted by atomic mass is 16.7. The van der Waals surface area contributed by atoms with Crippen molar-refractivity contribution >= 4 is 5.97 Å². The molecule has 0 N–H and O–H groups in total. The van der Waals surface area contributed by atoms with Crippen LogP contribution >= 0.6 is 0 Å². The highest BCUT2D eigenvalue weighted by molar-refractivity contribution is 5.78. The van der Waals surface area contributed by atoms with Crippen LogP contribution in [0.15, 0.2) is 97.1 Å². The van der Waals surface area contributed by atoms with E-state index in [0.717, 1.165) is 96.0 Å². The van der Waals surface area contributed by atoms with Crippen LogP contribution in [0.5, 0.6) is 28.7 Å². The van der Waals surface area contributed by atoms with Gasteiger partial charge in [0.1, 0.15) is 34.3 Å². The Hall–Kier alpha value is -4.57. The van der Waals surface area contributed by atoms with Crippen molar-refractivity contribution in [3.63, 3.8) is 0 Å². The van der Waals surface area contributed by atoms with Crippen molar-refractivity contribution in [2.24, 2.45) is 76.4 Å². The van der Waals surface area contributed by atoms with Gasteiger partial charge < -0.3 is 37.9 Å². The summed E-state index contributed by atoms with van der Waals surface area (Å²) in [7, 11) is 1.68. The molecular weight excluding hydrogens is 1140 g/mol. The topological polar surface area (TPSA) is 90.9 Å². The van der Waals surface area contributed by atoms with E-state index in [-0.39, 0.29) is 30.4 Å². The summed E-state index contributed by atoms with van der Waals surface area (Å²) in [5.41, 5.74) is 3.65. The summed E-state index contributed by atoms with van der Waals surface area (Å²) in [6.07, 6.45) is 23.5. The predicted octanol–water partition coefficient (Wildman–Crippen LogP) is 22.4. The van der Waals surface area contributed by atoms with Crippen molar-refractivity contribution in [2.75, 3.05) is 7.11 Å². The van der Waals surface area contributed by atoms with Crippen LogP contribution in [0, 0.1) is 76.4 Å². The zero-order valence-corrected chi connectivity index (χ0v) is 60.7. The largest absolute Gasteiger partial charge is 0.487 e. The maximum Gasteiger partial charge on any atom is 0.316 e. The molecule has 11 atom stereocenters. The highest BCUT2D eigenvalue weighted by Crippen LogP contribution is 2.60. The minimum absolute atomic E-state index is 0.0393. The number of carbonyl (C=O) groups excluding carboxylic acids is 1. The van der Waals surface area contributed by atoms with Gasteiger partial charge in [-0.2, -0.15) is 0 Å². The third kappa shape index (κ3) is 19.1. The molecule has 0 spiro atoms. The van der Waals surface area contributed by atoms with Crippen molar-refractivity contribution in [3.05, 3.63) is 114 Å². The number of ether oxygens (including phenoxy) is 8. The van der Waals surface area contributed by atoms with Crippen molar-refractivity contribution in [1.29, 1.82) is 0 Å². The first kappa shape index (κ1) is 73.2. The second-order valence-corrected chi connectivity index (χ2v) is 31.5. The van der Waals surface area contributed by atoms with E-state index < -0.39 is 5.41 Å². The predicted molar refractivity (Wildman–Crippen MR) is 377 cm³/mol. The number of fused-ring (bicyclic) bond motifs is 5. The molecule has 11 unspecified atom stereocenters. The fourth-order valence-corrected chi connectivity index (χ4v) is 16.4. The first-order valence-electron chi connectivity index (χ1n) is 37.1. The van der Waals surface area contributed by atoms with E-state index in [2.05, 4.69) is 158 Å². The Morgan fingerprint density at radius 2 is 0.880 bits per heavy atom. The first-order chi connectivity index (χ1) is 44.0. The Balaban J connectivity index is 0.000000160. The normalized spacial score (nSPS) is 26.8. The Morgan fingerprint density at radius 3 is 1.29 bits per heavy atom. The molecule has 0 aliphatic heterocycles. The van der Waals surface area contributed by atoms with Crippen LogP contribution < -0.4 is 23.7 Å². The summed E-state index contributed by atoms with van der Waals surface area (Å²) in [5, 5.41) is 0. The van der Waals surface area contributed by atoms with Crippen LogP contribution in [-0.4, -0.2) is 49.8 Å². The van der Waals surface area contributed by atoms with E-state index in [1.807, 2.05) is 57.2 Å². The molecule has 6 bridgehead atoms. The summed E-state index contributed by atoms with van der Waals surface area (Å²) in [6.45, 7) is 36.8. The minimum Gasteiger partial charge on any atom is -0.487 e. The van der Waals surface area contributed by atoms with Crippen LogP contribution in [-0.2, 0) is 19.0 Å². The fourth-order valence-electron chi connectivity index (χ4n) is 16.4. The zero-order chi connectivity index (χ0) is 66.4. The lowest BCUT2D eigenvalue weighted by Crippen LogP contribution is -2.51. The molecular formula is C83H126O9. The standard InChI is InChI=1S/2C24H36O2.C20H30O3.C15H24O2/c1-5-16(4)19-6-8-22(9-7-19)25-24(15(2)3)26-23-20-11-17-10-18(13-20)14-21(23)12-17;1-5-16(4)17-9-11-19(12-10-17)25-24(15(2)3)26-23-14-18-13-22(23)21-8-6-7-20(18)21;1-6-19(4,5)18(21)22-16-9-11-17(12-10-16)23-20(15(2)3)13-7-8-14-20;1-6-12(4)13-7-9-14(10-8-13)17-15(16-5)11(2)3/h6-9,15-18,20-21,23-24H,5,10-14H2,1-4H3;9-12,15-16,18,20-24H,5-8,13-14H2,1-4H3;9-12,15H,6-8,13-14H2,1-5H3;7-12,15H,6H2,1-5H3. The lowest BCUT2D eigenvalue weighted by molar-refractivity contribution is -0.210. The zero-order valence-electron chi connectivity index (χ0n) is 60.7. The van der Waals surface area contributed by atoms with Crippen LogP contribution in [0.1, 0.15) is 268 Å². The third-order valence-corrected chi connectivity index (χ3v) is 23.2. The molecule has 4 aromatic rings. The van der Waals surface area contributed by atoms with Crippen molar-refractivity contribution in [2.45, 2.75) is 288 Å². The average Bonchev–Trinajstić information content (AvgIpc) is 1.33. The molecule has 12 rings (SSSR count). The van der Waals surface area contributed by atoms with Gasteiger partial charge in [-0.3, -0.25) is 4.79 Å². The number of methoxy groups -OCH3 is 1. The van der Waals surface area contributed by atoms with Gasteiger partial charge in [-0.05, 0) is 271 Å². The lowest BCUT2D eigenvalue weighted by Gasteiger charge is -2.54. The fraction of sp³-hybridized carbons (Fsp3) is 0.699. The Morgan fingerprint density at radius 1 is 0.467 bits per heavy atom. The number of hydrogen-bond acceptors (Lipinski definition) is 9. The maximum absolute atomic E-state index is 12.1. The van der Waals surface area contributed by atoms with Gasteiger partial charge in [0.2, 0.25) is 18.9 Å². The molecule has 92 heavy (non-hydrogen) atoms. The van der Waals surface area contributed by atoms with Gasteiger partial charge in [0, 0.05) is 24.9 Å². The summed E-state index contributed by atoms with van der Waals surface area (Å²) in [5.74, 6) is 14.6.